The molecule has 0 aliphatic rings. The average molecular weight is 445 g/mol. The molecule has 6 nitrogen and oxygen atoms in total. The maximum Gasteiger partial charge on any atom is 0.330 e. The number of rotatable bonds is 10. The van der Waals surface area contributed by atoms with Crippen molar-refractivity contribution in [3.63, 3.8) is 0 Å². The molecular formula is C27H28N2O4. The maximum absolute atomic E-state index is 12.2. The van der Waals surface area contributed by atoms with Crippen LogP contribution < -0.4 is 4.74 Å². The number of benzene rings is 2. The van der Waals surface area contributed by atoms with Gasteiger partial charge in [-0.2, -0.15) is 0 Å². The van der Waals surface area contributed by atoms with Gasteiger partial charge in [-0.1, -0.05) is 37.3 Å². The topological polar surface area (TPSA) is 77.5 Å². The lowest BCUT2D eigenvalue weighted by Crippen LogP contribution is -2.42. The zero-order valence-corrected chi connectivity index (χ0v) is 18.9. The van der Waals surface area contributed by atoms with E-state index < -0.39 is 11.5 Å². The number of carboxylic acid groups (broad SMARTS) is 1. The highest BCUT2D eigenvalue weighted by molar-refractivity contribution is 5.77. The fourth-order valence-corrected chi connectivity index (χ4v) is 4.03. The Morgan fingerprint density at radius 3 is 2.39 bits per heavy atom. The third-order valence-corrected chi connectivity index (χ3v) is 6.02. The van der Waals surface area contributed by atoms with Crippen LogP contribution in [-0.4, -0.2) is 27.2 Å². The molecule has 2 aromatic carbocycles. The Labute approximate surface area is 193 Å². The smallest absolute Gasteiger partial charge is 0.330 e. The SMILES string of the molecule is CC[C@@](Cc1ccc(OCCc2nc(-c3ccccc3)oc2C)cc1)(C(=O)O)n1cccc1. The fraction of sp³-hybridized carbons (Fsp3) is 0.259. The number of nitrogens with zero attached hydrogens (tertiary/aromatic N) is 2. The predicted octanol–water partition coefficient (Wildman–Crippen LogP) is 5.51. The molecule has 0 spiro atoms. The number of ether oxygens (including phenoxy) is 1. The van der Waals surface area contributed by atoms with Crippen LogP contribution in [0.25, 0.3) is 11.5 Å². The fourth-order valence-electron chi connectivity index (χ4n) is 4.03. The number of carboxylic acids is 1. The molecule has 0 radical (unpaired) electrons. The molecule has 0 amide bonds. The van der Waals surface area contributed by atoms with Crippen LogP contribution in [0.15, 0.2) is 83.5 Å². The second kappa shape index (κ2) is 9.77. The number of oxazole rings is 1. The Morgan fingerprint density at radius 1 is 1.06 bits per heavy atom. The Bertz CT molecular complexity index is 1180. The normalized spacial score (nSPS) is 12.9. The summed E-state index contributed by atoms with van der Waals surface area (Å²) in [6.07, 6.45) is 5.13. The number of aryl methyl sites for hydroxylation is 1. The van der Waals surface area contributed by atoms with Crippen molar-refractivity contribution in [2.45, 2.75) is 38.6 Å². The van der Waals surface area contributed by atoms with Crippen LogP contribution in [0.2, 0.25) is 0 Å². The van der Waals surface area contributed by atoms with Gasteiger partial charge in [-0.05, 0) is 55.3 Å². The molecule has 1 N–H and O–H groups in total. The number of hydrogen-bond acceptors (Lipinski definition) is 4. The first-order valence-electron chi connectivity index (χ1n) is 11.1. The summed E-state index contributed by atoms with van der Waals surface area (Å²) in [6.45, 7) is 4.29. The first kappa shape index (κ1) is 22.4. The standard InChI is InChI=1S/C27H28N2O4/c1-3-27(26(30)31,29-16-7-8-17-29)19-21-11-13-23(14-12-21)32-18-15-24-20(2)33-25(28-24)22-9-5-4-6-10-22/h4-14,16-17H,3,15,18-19H2,1-2H3,(H,30,31)/t27-/m1/s1. The summed E-state index contributed by atoms with van der Waals surface area (Å²) in [5, 5.41) is 9.97. The lowest BCUT2D eigenvalue weighted by molar-refractivity contribution is -0.147. The van der Waals surface area contributed by atoms with Crippen molar-refractivity contribution in [1.29, 1.82) is 0 Å². The quantitative estimate of drug-likeness (QED) is 0.349. The van der Waals surface area contributed by atoms with Crippen LogP contribution in [0.5, 0.6) is 5.75 Å². The molecule has 0 fully saturated rings. The van der Waals surface area contributed by atoms with E-state index >= 15 is 0 Å². The molecule has 0 aliphatic carbocycles. The number of aliphatic carboxylic acids is 1. The summed E-state index contributed by atoms with van der Waals surface area (Å²) in [4.78, 5) is 16.8. The molecule has 2 heterocycles. The minimum absolute atomic E-state index is 0.397. The van der Waals surface area contributed by atoms with Gasteiger partial charge in [0.1, 0.15) is 17.0 Å². The Morgan fingerprint density at radius 2 is 1.76 bits per heavy atom. The van der Waals surface area contributed by atoms with E-state index in [-0.39, 0.29) is 0 Å². The Kier molecular flexibility index (Phi) is 6.63. The van der Waals surface area contributed by atoms with Crippen molar-refractivity contribution in [1.82, 2.24) is 9.55 Å². The van der Waals surface area contributed by atoms with Crippen molar-refractivity contribution >= 4 is 5.97 Å². The molecule has 0 aliphatic heterocycles. The molecule has 6 heteroatoms. The van der Waals surface area contributed by atoms with Crippen molar-refractivity contribution in [3.8, 4) is 17.2 Å². The van der Waals surface area contributed by atoms with E-state index in [2.05, 4.69) is 4.98 Å². The lowest BCUT2D eigenvalue weighted by Gasteiger charge is -2.30. The van der Waals surface area contributed by atoms with Gasteiger partial charge in [0.25, 0.3) is 0 Å². The van der Waals surface area contributed by atoms with Gasteiger partial charge in [-0.25, -0.2) is 9.78 Å². The highest BCUT2D eigenvalue weighted by Gasteiger charge is 2.38. The number of carbonyl (C=O) groups is 1. The van der Waals surface area contributed by atoms with Crippen LogP contribution in [0, 0.1) is 6.92 Å². The Hall–Kier alpha value is -3.80. The zero-order chi connectivity index (χ0) is 23.3. The minimum atomic E-state index is -1.01. The van der Waals surface area contributed by atoms with Crippen LogP contribution in [-0.2, 0) is 23.2 Å². The predicted molar refractivity (Wildman–Crippen MR) is 126 cm³/mol. The van der Waals surface area contributed by atoms with Crippen molar-refractivity contribution in [2.24, 2.45) is 0 Å². The van der Waals surface area contributed by atoms with Gasteiger partial charge in [0, 0.05) is 30.8 Å². The van der Waals surface area contributed by atoms with E-state index in [1.807, 2.05) is 93.0 Å². The summed E-state index contributed by atoms with van der Waals surface area (Å²) in [5.74, 6) is 1.32. The molecule has 170 valence electrons. The third-order valence-electron chi connectivity index (χ3n) is 6.02. The first-order chi connectivity index (χ1) is 16.0. The third kappa shape index (κ3) is 4.85. The second-order valence-electron chi connectivity index (χ2n) is 8.09. The highest BCUT2D eigenvalue weighted by Crippen LogP contribution is 2.28. The monoisotopic (exact) mass is 444 g/mol. The molecule has 0 saturated carbocycles. The van der Waals surface area contributed by atoms with E-state index in [9.17, 15) is 9.90 Å². The van der Waals surface area contributed by atoms with Crippen LogP contribution in [0.1, 0.15) is 30.4 Å². The molecule has 1 atom stereocenters. The molecule has 33 heavy (non-hydrogen) atoms. The lowest BCUT2D eigenvalue weighted by atomic mass is 9.88. The average Bonchev–Trinajstić information content (AvgIpc) is 3.50. The second-order valence-corrected chi connectivity index (χ2v) is 8.09. The summed E-state index contributed by atoms with van der Waals surface area (Å²) in [5.41, 5.74) is 1.77. The summed E-state index contributed by atoms with van der Waals surface area (Å²) in [7, 11) is 0. The van der Waals surface area contributed by atoms with Gasteiger partial charge in [-0.3, -0.25) is 0 Å². The van der Waals surface area contributed by atoms with Crippen LogP contribution in [0.3, 0.4) is 0 Å². The number of hydrogen-bond donors (Lipinski definition) is 1. The molecule has 4 aromatic rings. The first-order valence-corrected chi connectivity index (χ1v) is 11.1. The molecular weight excluding hydrogens is 416 g/mol. The largest absolute Gasteiger partial charge is 0.493 e. The van der Waals surface area contributed by atoms with Gasteiger partial charge < -0.3 is 18.8 Å². The highest BCUT2D eigenvalue weighted by atomic mass is 16.5. The molecule has 0 unspecified atom stereocenters. The molecule has 0 saturated heterocycles. The zero-order valence-electron chi connectivity index (χ0n) is 18.9. The summed E-state index contributed by atoms with van der Waals surface area (Å²) >= 11 is 0. The van der Waals surface area contributed by atoms with E-state index in [1.165, 1.54) is 0 Å². The molecule has 0 bridgehead atoms. The van der Waals surface area contributed by atoms with Gasteiger partial charge in [0.2, 0.25) is 5.89 Å². The maximum atomic E-state index is 12.2. The van der Waals surface area contributed by atoms with E-state index in [4.69, 9.17) is 9.15 Å². The van der Waals surface area contributed by atoms with Crippen LogP contribution in [0.4, 0.5) is 0 Å². The van der Waals surface area contributed by atoms with Gasteiger partial charge >= 0.3 is 5.97 Å². The van der Waals surface area contributed by atoms with Crippen molar-refractivity contribution in [2.75, 3.05) is 6.61 Å². The molecule has 4 rings (SSSR count). The van der Waals surface area contributed by atoms with Crippen LogP contribution >= 0.6 is 0 Å². The van der Waals surface area contributed by atoms with E-state index in [0.717, 1.165) is 28.3 Å². The Balaban J connectivity index is 1.38. The van der Waals surface area contributed by atoms with Crippen molar-refractivity contribution in [3.05, 3.63) is 96.1 Å². The van der Waals surface area contributed by atoms with E-state index in [1.54, 1.807) is 4.57 Å². The van der Waals surface area contributed by atoms with Gasteiger partial charge in [0.05, 0.1) is 12.3 Å². The molecule has 2 aromatic heterocycles. The summed E-state index contributed by atoms with van der Waals surface area (Å²) < 4.78 is 13.5. The number of aromatic nitrogens is 2. The van der Waals surface area contributed by atoms with Crippen molar-refractivity contribution < 1.29 is 19.1 Å². The van der Waals surface area contributed by atoms with Gasteiger partial charge in [0.15, 0.2) is 0 Å². The van der Waals surface area contributed by atoms with E-state index in [0.29, 0.717) is 31.8 Å². The minimum Gasteiger partial charge on any atom is -0.493 e. The summed E-state index contributed by atoms with van der Waals surface area (Å²) in [6, 6.07) is 21.2. The van der Waals surface area contributed by atoms with Gasteiger partial charge in [-0.15, -0.1) is 0 Å².